The Morgan fingerprint density at radius 1 is 1.04 bits per heavy atom. The minimum atomic E-state index is 0. The van der Waals surface area contributed by atoms with Crippen LogP contribution in [0.3, 0.4) is 0 Å². The van der Waals surface area contributed by atoms with Gasteiger partial charge in [-0.25, -0.2) is 4.98 Å². The van der Waals surface area contributed by atoms with Gasteiger partial charge in [-0.1, -0.05) is 49.6 Å². The predicted octanol–water partition coefficient (Wildman–Crippen LogP) is 4.96. The first-order valence-electron chi connectivity index (χ1n) is 9.27. The lowest BCUT2D eigenvalue weighted by atomic mass is 9.90. The van der Waals surface area contributed by atoms with E-state index in [0.717, 1.165) is 25.6 Å². The Balaban J connectivity index is 0.00000121. The van der Waals surface area contributed by atoms with E-state index < -0.39 is 0 Å². The van der Waals surface area contributed by atoms with Crippen molar-refractivity contribution >= 4 is 36.2 Å². The van der Waals surface area contributed by atoms with Crippen LogP contribution in [0.15, 0.2) is 35.7 Å². The van der Waals surface area contributed by atoms with E-state index in [9.17, 15) is 0 Å². The molecule has 6 heteroatoms. The second-order valence-corrected chi connectivity index (χ2v) is 8.28. The van der Waals surface area contributed by atoms with E-state index in [-0.39, 0.29) is 30.9 Å². The quantitative estimate of drug-likeness (QED) is 0.769. The van der Waals surface area contributed by atoms with E-state index in [1.807, 2.05) is 11.3 Å². The van der Waals surface area contributed by atoms with Gasteiger partial charge in [0.15, 0.2) is 0 Å². The average Bonchev–Trinajstić information content (AvgIpc) is 3.23. The lowest BCUT2D eigenvalue weighted by Gasteiger charge is -2.19. The Hall–Kier alpha value is -0.650. The molecule has 1 saturated carbocycles. The second kappa shape index (κ2) is 10.0. The van der Waals surface area contributed by atoms with Crippen molar-refractivity contribution in [2.24, 2.45) is 5.73 Å². The SMILES string of the molecule is Cl.Cl.N[C@@H]1CN(Cc2csc(C3CCCCC3)n2)C[C@H]1c1ccccc1. The van der Waals surface area contributed by atoms with Gasteiger partial charge in [0.1, 0.15) is 0 Å². The zero-order valence-electron chi connectivity index (χ0n) is 15.0. The number of hydrogen-bond donors (Lipinski definition) is 1. The molecule has 1 aromatic carbocycles. The molecule has 0 amide bonds. The molecule has 2 N–H and O–H groups in total. The number of rotatable bonds is 4. The zero-order valence-corrected chi connectivity index (χ0v) is 17.5. The summed E-state index contributed by atoms with van der Waals surface area (Å²) in [7, 11) is 0. The molecular weight excluding hydrogens is 385 g/mol. The smallest absolute Gasteiger partial charge is 0.0959 e. The monoisotopic (exact) mass is 413 g/mol. The van der Waals surface area contributed by atoms with Gasteiger partial charge in [0.05, 0.1) is 10.7 Å². The van der Waals surface area contributed by atoms with E-state index in [0.29, 0.717) is 5.92 Å². The summed E-state index contributed by atoms with van der Waals surface area (Å²) in [4.78, 5) is 7.43. The van der Waals surface area contributed by atoms with Crippen molar-refractivity contribution in [2.75, 3.05) is 13.1 Å². The number of hydrogen-bond acceptors (Lipinski definition) is 4. The normalized spacial score (nSPS) is 24.0. The third-order valence-corrected chi connectivity index (χ3v) is 6.63. The van der Waals surface area contributed by atoms with Gasteiger partial charge < -0.3 is 5.73 Å². The Bertz CT molecular complexity index is 658. The van der Waals surface area contributed by atoms with E-state index in [1.165, 1.54) is 48.4 Å². The van der Waals surface area contributed by atoms with Crippen LogP contribution in [0.25, 0.3) is 0 Å². The highest BCUT2D eigenvalue weighted by Crippen LogP contribution is 2.35. The number of halogens is 2. The molecular formula is C20H29Cl2N3S. The molecule has 1 aliphatic heterocycles. The maximum Gasteiger partial charge on any atom is 0.0959 e. The van der Waals surface area contributed by atoms with Crippen molar-refractivity contribution < 1.29 is 0 Å². The number of aromatic nitrogens is 1. The fourth-order valence-electron chi connectivity index (χ4n) is 4.26. The molecule has 0 unspecified atom stereocenters. The maximum atomic E-state index is 6.42. The molecule has 0 bridgehead atoms. The molecule has 3 nitrogen and oxygen atoms in total. The molecule has 1 aromatic heterocycles. The van der Waals surface area contributed by atoms with Crippen LogP contribution in [0.2, 0.25) is 0 Å². The molecule has 2 atom stereocenters. The number of likely N-dealkylation sites (tertiary alicyclic amines) is 1. The third kappa shape index (κ3) is 4.99. The summed E-state index contributed by atoms with van der Waals surface area (Å²) in [5, 5.41) is 3.64. The fourth-order valence-corrected chi connectivity index (χ4v) is 5.24. The molecule has 2 aromatic rings. The highest BCUT2D eigenvalue weighted by Gasteiger charge is 2.31. The van der Waals surface area contributed by atoms with Gasteiger partial charge in [-0.15, -0.1) is 36.2 Å². The van der Waals surface area contributed by atoms with Crippen molar-refractivity contribution in [3.63, 3.8) is 0 Å². The van der Waals surface area contributed by atoms with Crippen LogP contribution in [0.1, 0.15) is 60.2 Å². The highest BCUT2D eigenvalue weighted by atomic mass is 35.5. The van der Waals surface area contributed by atoms with Gasteiger partial charge in [-0.2, -0.15) is 0 Å². The number of nitrogens with zero attached hydrogens (tertiary/aromatic N) is 2. The lowest BCUT2D eigenvalue weighted by Crippen LogP contribution is -2.28. The predicted molar refractivity (Wildman–Crippen MR) is 115 cm³/mol. The topological polar surface area (TPSA) is 42.1 Å². The van der Waals surface area contributed by atoms with Crippen molar-refractivity contribution in [3.05, 3.63) is 52.0 Å². The van der Waals surface area contributed by atoms with Crippen LogP contribution < -0.4 is 5.73 Å². The molecule has 1 saturated heterocycles. The van der Waals surface area contributed by atoms with Crippen molar-refractivity contribution in [2.45, 2.75) is 56.5 Å². The molecule has 1 aliphatic carbocycles. The summed E-state index contributed by atoms with van der Waals surface area (Å²) in [6.07, 6.45) is 6.81. The minimum absolute atomic E-state index is 0. The van der Waals surface area contributed by atoms with E-state index in [4.69, 9.17) is 10.7 Å². The Kier molecular flexibility index (Phi) is 8.37. The van der Waals surface area contributed by atoms with Crippen molar-refractivity contribution in [1.82, 2.24) is 9.88 Å². The summed E-state index contributed by atoms with van der Waals surface area (Å²) in [6, 6.07) is 10.9. The van der Waals surface area contributed by atoms with Crippen LogP contribution in [-0.4, -0.2) is 29.0 Å². The van der Waals surface area contributed by atoms with Gasteiger partial charge >= 0.3 is 0 Å². The maximum absolute atomic E-state index is 6.42. The van der Waals surface area contributed by atoms with E-state index >= 15 is 0 Å². The van der Waals surface area contributed by atoms with Gasteiger partial charge in [0.2, 0.25) is 0 Å². The lowest BCUT2D eigenvalue weighted by molar-refractivity contribution is 0.319. The van der Waals surface area contributed by atoms with Crippen LogP contribution in [0.4, 0.5) is 0 Å². The highest BCUT2D eigenvalue weighted by molar-refractivity contribution is 7.09. The van der Waals surface area contributed by atoms with Gasteiger partial charge in [0.25, 0.3) is 0 Å². The molecule has 0 radical (unpaired) electrons. The summed E-state index contributed by atoms with van der Waals surface area (Å²) in [6.45, 7) is 2.96. The molecule has 2 fully saturated rings. The van der Waals surface area contributed by atoms with Crippen LogP contribution in [0.5, 0.6) is 0 Å². The summed E-state index contributed by atoms with van der Waals surface area (Å²) >= 11 is 1.87. The van der Waals surface area contributed by atoms with Crippen LogP contribution in [0, 0.1) is 0 Å². The Morgan fingerprint density at radius 2 is 1.77 bits per heavy atom. The second-order valence-electron chi connectivity index (χ2n) is 7.39. The first-order chi connectivity index (χ1) is 11.8. The fraction of sp³-hybridized carbons (Fsp3) is 0.550. The van der Waals surface area contributed by atoms with Crippen molar-refractivity contribution in [1.29, 1.82) is 0 Å². The summed E-state index contributed by atoms with van der Waals surface area (Å²) < 4.78 is 0. The third-order valence-electron chi connectivity index (χ3n) is 5.58. The average molecular weight is 414 g/mol. The molecule has 2 aliphatic rings. The largest absolute Gasteiger partial charge is 0.326 e. The van der Waals surface area contributed by atoms with E-state index in [1.54, 1.807) is 0 Å². The first-order valence-corrected chi connectivity index (χ1v) is 10.1. The minimum Gasteiger partial charge on any atom is -0.326 e. The first kappa shape index (κ1) is 21.6. The molecule has 144 valence electrons. The van der Waals surface area contributed by atoms with Gasteiger partial charge in [-0.05, 0) is 18.4 Å². The van der Waals surface area contributed by atoms with E-state index in [2.05, 4.69) is 40.6 Å². The van der Waals surface area contributed by atoms with Crippen LogP contribution >= 0.6 is 36.2 Å². The van der Waals surface area contributed by atoms with Gasteiger partial charge in [0, 0.05) is 42.9 Å². The number of benzene rings is 1. The number of nitrogens with two attached hydrogens (primary N) is 1. The molecule has 26 heavy (non-hydrogen) atoms. The number of thiazole rings is 1. The van der Waals surface area contributed by atoms with Gasteiger partial charge in [-0.3, -0.25) is 4.90 Å². The summed E-state index contributed by atoms with van der Waals surface area (Å²) in [5.74, 6) is 1.16. The molecule has 4 rings (SSSR count). The zero-order chi connectivity index (χ0) is 16.4. The molecule has 2 heterocycles. The molecule has 0 spiro atoms. The summed E-state index contributed by atoms with van der Waals surface area (Å²) in [5.41, 5.74) is 9.02. The Labute approximate surface area is 173 Å². The van der Waals surface area contributed by atoms with Crippen molar-refractivity contribution in [3.8, 4) is 0 Å². The van der Waals surface area contributed by atoms with Crippen LogP contribution in [-0.2, 0) is 6.54 Å². The standard InChI is InChI=1S/C20H27N3S.2ClH/c21-19-13-23(12-18(19)15-7-3-1-4-8-15)11-17-14-24-20(22-17)16-9-5-2-6-10-16;;/h1,3-4,7-8,14,16,18-19H,2,5-6,9-13,21H2;2*1H/t18-,19+;;/m0../s1. The Morgan fingerprint density at radius 3 is 2.50 bits per heavy atom.